The minimum atomic E-state index is 0.752. The van der Waals surface area contributed by atoms with E-state index in [2.05, 4.69) is 40.2 Å². The monoisotopic (exact) mass is 222 g/mol. The van der Waals surface area contributed by atoms with Gasteiger partial charge in [0.2, 0.25) is 5.95 Å². The predicted octanol–water partition coefficient (Wildman–Crippen LogP) is 1.82. The lowest BCUT2D eigenvalue weighted by molar-refractivity contribution is 0.291. The van der Waals surface area contributed by atoms with Crippen molar-refractivity contribution >= 4 is 5.95 Å². The molecule has 0 aliphatic carbocycles. The molecule has 1 heterocycles. The zero-order valence-electron chi connectivity index (χ0n) is 10.3. The van der Waals surface area contributed by atoms with Crippen molar-refractivity contribution < 1.29 is 0 Å². The second kappa shape index (κ2) is 7.06. The van der Waals surface area contributed by atoms with Crippen LogP contribution in [0.5, 0.6) is 0 Å². The largest absolute Gasteiger partial charge is 0.352 e. The van der Waals surface area contributed by atoms with Gasteiger partial charge in [-0.1, -0.05) is 19.9 Å². The topological polar surface area (TPSA) is 33.1 Å². The molecule has 0 saturated heterocycles. The van der Waals surface area contributed by atoms with Crippen LogP contribution in [0.1, 0.15) is 13.8 Å². The first-order valence-electron chi connectivity index (χ1n) is 5.90. The molecule has 0 saturated carbocycles. The Labute approximate surface area is 98.0 Å². The molecule has 0 aliphatic rings. The predicted molar refractivity (Wildman–Crippen MR) is 68.7 cm³/mol. The Kier molecular flexibility index (Phi) is 5.64. The summed E-state index contributed by atoms with van der Waals surface area (Å²) in [6.45, 7) is 13.0. The third kappa shape index (κ3) is 3.70. The summed E-state index contributed by atoms with van der Waals surface area (Å²) < 4.78 is 2.14. The standard InChI is InChI=1S/C12H22N4/c1-4-7-13-12-14-8-9-16(12)11-10-15(5-2)6-3/h4,8-9H,1,5-7,10-11H2,2-3H3,(H,13,14). The van der Waals surface area contributed by atoms with Gasteiger partial charge in [0.15, 0.2) is 0 Å². The molecule has 1 rings (SSSR count). The maximum Gasteiger partial charge on any atom is 0.203 e. The quantitative estimate of drug-likeness (QED) is 0.681. The highest BCUT2D eigenvalue weighted by Gasteiger charge is 2.03. The van der Waals surface area contributed by atoms with E-state index >= 15 is 0 Å². The van der Waals surface area contributed by atoms with Crippen LogP contribution in [-0.4, -0.2) is 40.6 Å². The van der Waals surface area contributed by atoms with Crippen LogP contribution < -0.4 is 5.32 Å². The van der Waals surface area contributed by atoms with Gasteiger partial charge in [-0.25, -0.2) is 4.98 Å². The van der Waals surface area contributed by atoms with Gasteiger partial charge in [0, 0.05) is 32.0 Å². The molecule has 1 N–H and O–H groups in total. The van der Waals surface area contributed by atoms with Crippen molar-refractivity contribution in [2.24, 2.45) is 0 Å². The molecule has 0 fully saturated rings. The SMILES string of the molecule is C=CCNc1nccn1CCN(CC)CC. The molecule has 0 aromatic carbocycles. The van der Waals surface area contributed by atoms with Gasteiger partial charge in [0.05, 0.1) is 0 Å². The maximum absolute atomic E-state index is 4.27. The lowest BCUT2D eigenvalue weighted by atomic mass is 10.4. The third-order valence-electron chi connectivity index (χ3n) is 2.67. The van der Waals surface area contributed by atoms with E-state index in [0.29, 0.717) is 0 Å². The van der Waals surface area contributed by atoms with Crippen LogP contribution in [0.4, 0.5) is 5.95 Å². The molecule has 0 atom stereocenters. The first-order valence-corrected chi connectivity index (χ1v) is 5.90. The molecule has 1 aromatic rings. The van der Waals surface area contributed by atoms with Gasteiger partial charge in [-0.3, -0.25) is 0 Å². The highest BCUT2D eigenvalue weighted by atomic mass is 15.2. The summed E-state index contributed by atoms with van der Waals surface area (Å²) >= 11 is 0. The molecular weight excluding hydrogens is 200 g/mol. The number of likely N-dealkylation sites (N-methyl/N-ethyl adjacent to an activating group) is 1. The zero-order valence-corrected chi connectivity index (χ0v) is 10.3. The highest BCUT2D eigenvalue weighted by molar-refractivity contribution is 5.26. The van der Waals surface area contributed by atoms with Gasteiger partial charge >= 0.3 is 0 Å². The number of hydrogen-bond acceptors (Lipinski definition) is 3. The molecule has 4 heteroatoms. The summed E-state index contributed by atoms with van der Waals surface area (Å²) in [6, 6.07) is 0. The van der Waals surface area contributed by atoms with E-state index in [0.717, 1.165) is 38.7 Å². The third-order valence-corrected chi connectivity index (χ3v) is 2.67. The Bertz CT molecular complexity index is 302. The Morgan fingerprint density at radius 3 is 2.88 bits per heavy atom. The van der Waals surface area contributed by atoms with Crippen molar-refractivity contribution in [1.29, 1.82) is 0 Å². The second-order valence-corrected chi connectivity index (χ2v) is 3.64. The number of imidazole rings is 1. The first-order chi connectivity index (χ1) is 7.81. The Balaban J connectivity index is 2.46. The average molecular weight is 222 g/mol. The van der Waals surface area contributed by atoms with Crippen LogP contribution in [0, 0.1) is 0 Å². The Morgan fingerprint density at radius 2 is 2.25 bits per heavy atom. The summed E-state index contributed by atoms with van der Waals surface area (Å²) in [5.41, 5.74) is 0. The van der Waals surface area contributed by atoms with E-state index in [4.69, 9.17) is 0 Å². The van der Waals surface area contributed by atoms with Crippen molar-refractivity contribution in [3.8, 4) is 0 Å². The normalized spacial score (nSPS) is 10.7. The molecular formula is C12H22N4. The molecule has 0 unspecified atom stereocenters. The summed E-state index contributed by atoms with van der Waals surface area (Å²) in [6.07, 6.45) is 5.67. The molecule has 0 spiro atoms. The molecule has 16 heavy (non-hydrogen) atoms. The fourth-order valence-electron chi connectivity index (χ4n) is 1.61. The van der Waals surface area contributed by atoms with Crippen LogP contribution in [0.15, 0.2) is 25.0 Å². The second-order valence-electron chi connectivity index (χ2n) is 3.64. The van der Waals surface area contributed by atoms with Gasteiger partial charge < -0.3 is 14.8 Å². The molecule has 0 radical (unpaired) electrons. The van der Waals surface area contributed by atoms with Crippen LogP contribution >= 0.6 is 0 Å². The Hall–Kier alpha value is -1.29. The van der Waals surface area contributed by atoms with E-state index in [1.807, 2.05) is 18.5 Å². The summed E-state index contributed by atoms with van der Waals surface area (Å²) in [5, 5.41) is 3.22. The smallest absolute Gasteiger partial charge is 0.203 e. The van der Waals surface area contributed by atoms with E-state index in [-0.39, 0.29) is 0 Å². The van der Waals surface area contributed by atoms with Crippen LogP contribution in [0.2, 0.25) is 0 Å². The fourth-order valence-corrected chi connectivity index (χ4v) is 1.61. The van der Waals surface area contributed by atoms with Crippen molar-refractivity contribution in [2.45, 2.75) is 20.4 Å². The lowest BCUT2D eigenvalue weighted by Gasteiger charge is -2.18. The van der Waals surface area contributed by atoms with Crippen molar-refractivity contribution in [3.63, 3.8) is 0 Å². The summed E-state index contributed by atoms with van der Waals surface area (Å²) in [4.78, 5) is 6.67. The van der Waals surface area contributed by atoms with Gasteiger partial charge in [-0.05, 0) is 13.1 Å². The maximum atomic E-state index is 4.27. The number of aromatic nitrogens is 2. The van der Waals surface area contributed by atoms with Crippen LogP contribution in [-0.2, 0) is 6.54 Å². The zero-order chi connectivity index (χ0) is 11.8. The van der Waals surface area contributed by atoms with Crippen LogP contribution in [0.3, 0.4) is 0 Å². The molecule has 0 bridgehead atoms. The van der Waals surface area contributed by atoms with Gasteiger partial charge in [0.1, 0.15) is 0 Å². The molecule has 0 aliphatic heterocycles. The number of anilines is 1. The van der Waals surface area contributed by atoms with Crippen molar-refractivity contribution in [2.75, 3.05) is 31.5 Å². The molecule has 4 nitrogen and oxygen atoms in total. The van der Waals surface area contributed by atoms with E-state index in [1.165, 1.54) is 0 Å². The number of nitrogens with one attached hydrogen (secondary N) is 1. The minimum absolute atomic E-state index is 0.752. The van der Waals surface area contributed by atoms with E-state index < -0.39 is 0 Å². The average Bonchev–Trinajstić information content (AvgIpc) is 2.75. The van der Waals surface area contributed by atoms with E-state index in [1.54, 1.807) is 0 Å². The van der Waals surface area contributed by atoms with Crippen molar-refractivity contribution in [3.05, 3.63) is 25.0 Å². The Morgan fingerprint density at radius 1 is 1.50 bits per heavy atom. The first kappa shape index (κ1) is 12.8. The fraction of sp³-hybridized carbons (Fsp3) is 0.583. The van der Waals surface area contributed by atoms with Gasteiger partial charge in [-0.15, -0.1) is 6.58 Å². The summed E-state index contributed by atoms with van der Waals surface area (Å²) in [5.74, 6) is 0.923. The molecule has 90 valence electrons. The number of rotatable bonds is 8. The van der Waals surface area contributed by atoms with Gasteiger partial charge in [-0.2, -0.15) is 0 Å². The highest BCUT2D eigenvalue weighted by Crippen LogP contribution is 2.04. The van der Waals surface area contributed by atoms with Gasteiger partial charge in [0.25, 0.3) is 0 Å². The lowest BCUT2D eigenvalue weighted by Crippen LogP contribution is -2.27. The van der Waals surface area contributed by atoms with Crippen LogP contribution in [0.25, 0.3) is 0 Å². The molecule has 1 aromatic heterocycles. The minimum Gasteiger partial charge on any atom is -0.352 e. The van der Waals surface area contributed by atoms with E-state index in [9.17, 15) is 0 Å². The number of nitrogens with zero attached hydrogens (tertiary/aromatic N) is 3. The molecule has 0 amide bonds. The summed E-state index contributed by atoms with van der Waals surface area (Å²) in [7, 11) is 0. The van der Waals surface area contributed by atoms with Crippen molar-refractivity contribution in [1.82, 2.24) is 14.5 Å². The number of hydrogen-bond donors (Lipinski definition) is 1.